The molecule has 15 heavy (non-hydrogen) atoms. The number of amidine groups is 1. The number of aliphatic imine (C=N–C) groups is 1. The van der Waals surface area contributed by atoms with Crippen LogP contribution in [0.3, 0.4) is 0 Å². The predicted octanol–water partition coefficient (Wildman–Crippen LogP) is 0.975. The SMILES string of the molecule is N=CC(=Nc1ccc(Cl)cc1CO)NN. The van der Waals surface area contributed by atoms with Crippen molar-refractivity contribution in [2.45, 2.75) is 6.61 Å². The highest BCUT2D eigenvalue weighted by Crippen LogP contribution is 2.23. The van der Waals surface area contributed by atoms with Crippen LogP contribution in [0.1, 0.15) is 5.56 Å². The van der Waals surface area contributed by atoms with Crippen LogP contribution in [0.4, 0.5) is 5.69 Å². The Kier molecular flexibility index (Phi) is 4.23. The number of hydrogen-bond donors (Lipinski definition) is 4. The van der Waals surface area contributed by atoms with E-state index in [2.05, 4.69) is 10.4 Å². The number of benzene rings is 1. The molecule has 0 aliphatic heterocycles. The summed E-state index contributed by atoms with van der Waals surface area (Å²) in [5.41, 5.74) is 3.37. The molecule has 0 amide bonds. The second kappa shape index (κ2) is 5.45. The van der Waals surface area contributed by atoms with Crippen molar-refractivity contribution in [3.05, 3.63) is 28.8 Å². The largest absolute Gasteiger partial charge is 0.392 e. The van der Waals surface area contributed by atoms with Gasteiger partial charge in [0.2, 0.25) is 0 Å². The maximum atomic E-state index is 9.06. The first-order chi connectivity index (χ1) is 7.21. The molecule has 0 aliphatic carbocycles. The van der Waals surface area contributed by atoms with Gasteiger partial charge < -0.3 is 15.9 Å². The Bertz CT molecular complexity index is 392. The standard InChI is InChI=1S/C9H11ClN4O/c10-7-1-2-8(6(3-7)5-15)13-9(4-11)14-12/h1-4,11,15H,5,12H2,(H,13,14). The monoisotopic (exact) mass is 226 g/mol. The Hall–Kier alpha value is -1.43. The van der Waals surface area contributed by atoms with Crippen LogP contribution in [-0.2, 0) is 6.61 Å². The van der Waals surface area contributed by atoms with Crippen molar-refractivity contribution in [2.24, 2.45) is 10.8 Å². The third kappa shape index (κ3) is 3.02. The second-order valence-corrected chi connectivity index (χ2v) is 3.15. The van der Waals surface area contributed by atoms with Crippen LogP contribution in [0.15, 0.2) is 23.2 Å². The average molecular weight is 227 g/mol. The quantitative estimate of drug-likeness (QED) is 0.268. The molecule has 1 aromatic rings. The van der Waals surface area contributed by atoms with Gasteiger partial charge in [-0.3, -0.25) is 0 Å². The summed E-state index contributed by atoms with van der Waals surface area (Å²) in [5.74, 6) is 5.33. The summed E-state index contributed by atoms with van der Waals surface area (Å²) in [5, 5.41) is 16.6. The van der Waals surface area contributed by atoms with Gasteiger partial charge in [-0.15, -0.1) is 0 Å². The number of aliphatic hydroxyl groups excluding tert-OH is 1. The van der Waals surface area contributed by atoms with Crippen LogP contribution < -0.4 is 11.3 Å². The van der Waals surface area contributed by atoms with Crippen molar-refractivity contribution < 1.29 is 5.11 Å². The molecular weight excluding hydrogens is 216 g/mol. The fraction of sp³-hybridized carbons (Fsp3) is 0.111. The Morgan fingerprint density at radius 2 is 2.40 bits per heavy atom. The van der Waals surface area contributed by atoms with E-state index >= 15 is 0 Å². The van der Waals surface area contributed by atoms with Crippen molar-refractivity contribution in [1.29, 1.82) is 5.41 Å². The maximum absolute atomic E-state index is 9.06. The number of hydrogen-bond acceptors (Lipinski definition) is 4. The molecule has 5 nitrogen and oxygen atoms in total. The average Bonchev–Trinajstić information content (AvgIpc) is 2.27. The molecule has 6 heteroatoms. The van der Waals surface area contributed by atoms with Gasteiger partial charge in [0, 0.05) is 10.6 Å². The lowest BCUT2D eigenvalue weighted by molar-refractivity contribution is 0.282. The minimum atomic E-state index is -0.171. The lowest BCUT2D eigenvalue weighted by Gasteiger charge is -2.04. The summed E-state index contributed by atoms with van der Waals surface area (Å²) in [6.45, 7) is -0.171. The molecule has 5 N–H and O–H groups in total. The fourth-order valence-corrected chi connectivity index (χ4v) is 1.22. The van der Waals surface area contributed by atoms with Gasteiger partial charge in [0.1, 0.15) is 0 Å². The van der Waals surface area contributed by atoms with Gasteiger partial charge in [0.25, 0.3) is 0 Å². The van der Waals surface area contributed by atoms with Gasteiger partial charge >= 0.3 is 0 Å². The molecule has 80 valence electrons. The zero-order valence-electron chi connectivity index (χ0n) is 7.87. The lowest BCUT2D eigenvalue weighted by atomic mass is 10.2. The Labute approximate surface area is 92.1 Å². The molecule has 0 atom stereocenters. The van der Waals surface area contributed by atoms with Crippen LogP contribution in [0.25, 0.3) is 0 Å². The Balaban J connectivity index is 3.13. The number of hydrazine groups is 1. The highest BCUT2D eigenvalue weighted by Gasteiger charge is 2.02. The predicted molar refractivity (Wildman–Crippen MR) is 60.6 cm³/mol. The zero-order chi connectivity index (χ0) is 11.3. The van der Waals surface area contributed by atoms with E-state index in [0.29, 0.717) is 16.3 Å². The van der Waals surface area contributed by atoms with Crippen LogP contribution in [-0.4, -0.2) is 17.2 Å². The second-order valence-electron chi connectivity index (χ2n) is 2.72. The number of aliphatic hydroxyl groups is 1. The third-order valence-electron chi connectivity index (χ3n) is 1.74. The van der Waals surface area contributed by atoms with Crippen LogP contribution in [0, 0.1) is 5.41 Å². The van der Waals surface area contributed by atoms with Gasteiger partial charge in [-0.05, 0) is 18.2 Å². The van der Waals surface area contributed by atoms with Crippen molar-refractivity contribution in [1.82, 2.24) is 5.43 Å². The fourth-order valence-electron chi connectivity index (χ4n) is 1.03. The Morgan fingerprint density at radius 1 is 1.67 bits per heavy atom. The van der Waals surface area contributed by atoms with Crippen LogP contribution >= 0.6 is 11.6 Å². The van der Waals surface area contributed by atoms with Gasteiger partial charge in [0.15, 0.2) is 5.84 Å². The van der Waals surface area contributed by atoms with E-state index in [9.17, 15) is 0 Å². The topological polar surface area (TPSA) is 94.5 Å². The van der Waals surface area contributed by atoms with E-state index in [1.807, 2.05) is 0 Å². The van der Waals surface area contributed by atoms with Crippen LogP contribution in [0.5, 0.6) is 0 Å². The van der Waals surface area contributed by atoms with E-state index < -0.39 is 0 Å². The first kappa shape index (κ1) is 11.6. The first-order valence-corrected chi connectivity index (χ1v) is 4.54. The van der Waals surface area contributed by atoms with Gasteiger partial charge in [-0.25, -0.2) is 10.8 Å². The van der Waals surface area contributed by atoms with Gasteiger partial charge in [-0.2, -0.15) is 0 Å². The molecule has 1 aromatic carbocycles. The van der Waals surface area contributed by atoms with E-state index in [1.54, 1.807) is 18.2 Å². The zero-order valence-corrected chi connectivity index (χ0v) is 8.62. The van der Waals surface area contributed by atoms with Crippen molar-refractivity contribution in [2.75, 3.05) is 0 Å². The van der Waals surface area contributed by atoms with E-state index in [0.717, 1.165) is 6.21 Å². The van der Waals surface area contributed by atoms with Crippen molar-refractivity contribution in [3.63, 3.8) is 0 Å². The van der Waals surface area contributed by atoms with Crippen molar-refractivity contribution in [3.8, 4) is 0 Å². The number of halogens is 1. The highest BCUT2D eigenvalue weighted by molar-refractivity contribution is 6.31. The lowest BCUT2D eigenvalue weighted by Crippen LogP contribution is -2.30. The van der Waals surface area contributed by atoms with Crippen LogP contribution in [0.2, 0.25) is 5.02 Å². The molecule has 0 heterocycles. The highest BCUT2D eigenvalue weighted by atomic mass is 35.5. The summed E-state index contributed by atoms with van der Waals surface area (Å²) in [6, 6.07) is 4.91. The van der Waals surface area contributed by atoms with Gasteiger partial charge in [0.05, 0.1) is 18.5 Å². The minimum Gasteiger partial charge on any atom is -0.392 e. The smallest absolute Gasteiger partial charge is 0.158 e. The summed E-state index contributed by atoms with van der Waals surface area (Å²) in [6.07, 6.45) is 0.982. The molecule has 0 aromatic heterocycles. The molecule has 0 unspecified atom stereocenters. The van der Waals surface area contributed by atoms with Crippen molar-refractivity contribution >= 4 is 29.3 Å². The molecule has 0 spiro atoms. The maximum Gasteiger partial charge on any atom is 0.158 e. The van der Waals surface area contributed by atoms with E-state index in [-0.39, 0.29) is 12.4 Å². The summed E-state index contributed by atoms with van der Waals surface area (Å²) < 4.78 is 0. The summed E-state index contributed by atoms with van der Waals surface area (Å²) in [4.78, 5) is 4.03. The molecule has 0 saturated heterocycles. The molecule has 0 aliphatic rings. The molecule has 0 bridgehead atoms. The number of nitrogens with zero attached hydrogens (tertiary/aromatic N) is 1. The molecule has 0 fully saturated rings. The number of rotatable bonds is 3. The summed E-state index contributed by atoms with van der Waals surface area (Å²) >= 11 is 5.76. The van der Waals surface area contributed by atoms with E-state index in [1.165, 1.54) is 0 Å². The van der Waals surface area contributed by atoms with E-state index in [4.69, 9.17) is 28.0 Å². The number of nitrogens with one attached hydrogen (secondary N) is 2. The number of nitrogens with two attached hydrogens (primary N) is 1. The third-order valence-corrected chi connectivity index (χ3v) is 1.97. The molecular formula is C9H11ClN4O. The molecule has 0 radical (unpaired) electrons. The Morgan fingerprint density at radius 3 is 2.93 bits per heavy atom. The normalized spacial score (nSPS) is 11.3. The molecule has 0 saturated carbocycles. The minimum absolute atomic E-state index is 0.171. The first-order valence-electron chi connectivity index (χ1n) is 4.16. The summed E-state index contributed by atoms with van der Waals surface area (Å²) in [7, 11) is 0. The van der Waals surface area contributed by atoms with Gasteiger partial charge in [-0.1, -0.05) is 11.6 Å². The molecule has 1 rings (SSSR count).